The zero-order chi connectivity index (χ0) is 25.2. The minimum atomic E-state index is -4.84. The molecular weight excluding hydrogens is 467 g/mol. The van der Waals surface area contributed by atoms with Crippen LogP contribution in [0, 0.1) is 5.92 Å². The minimum absolute atomic E-state index is 0.0435. The van der Waals surface area contributed by atoms with Gasteiger partial charge in [0.2, 0.25) is 5.91 Å². The van der Waals surface area contributed by atoms with E-state index < -0.39 is 24.1 Å². The molecule has 0 saturated carbocycles. The van der Waals surface area contributed by atoms with Crippen LogP contribution >= 0.6 is 0 Å². The first kappa shape index (κ1) is 24.5. The highest BCUT2D eigenvalue weighted by Crippen LogP contribution is 2.29. The van der Waals surface area contributed by atoms with Gasteiger partial charge >= 0.3 is 12.4 Å². The maximum absolute atomic E-state index is 13.0. The third-order valence-electron chi connectivity index (χ3n) is 5.99. The fraction of sp³-hybridized carbons (Fsp3) is 0.391. The van der Waals surface area contributed by atoms with Gasteiger partial charge < -0.3 is 19.9 Å². The van der Waals surface area contributed by atoms with Crippen LogP contribution in [0.25, 0.3) is 0 Å². The van der Waals surface area contributed by atoms with Crippen molar-refractivity contribution in [3.8, 4) is 5.75 Å². The molecule has 0 spiro atoms. The Kier molecular flexibility index (Phi) is 6.92. The molecule has 2 saturated heterocycles. The van der Waals surface area contributed by atoms with Crippen LogP contribution in [0.15, 0.2) is 42.7 Å². The number of aromatic nitrogens is 1. The van der Waals surface area contributed by atoms with Crippen molar-refractivity contribution in [1.29, 1.82) is 0 Å². The topological polar surface area (TPSA) is 95.1 Å². The second kappa shape index (κ2) is 9.90. The lowest BCUT2D eigenvalue weighted by atomic mass is 9.96. The molecule has 12 heteroatoms. The molecule has 1 aromatic heterocycles. The Hall–Kier alpha value is -3.67. The lowest BCUT2D eigenvalue weighted by Gasteiger charge is -2.28. The van der Waals surface area contributed by atoms with E-state index in [9.17, 15) is 27.6 Å². The summed E-state index contributed by atoms with van der Waals surface area (Å²) >= 11 is 0. The molecule has 35 heavy (non-hydrogen) atoms. The summed E-state index contributed by atoms with van der Waals surface area (Å²) in [5.41, 5.74) is 1.20. The van der Waals surface area contributed by atoms with E-state index in [2.05, 4.69) is 19.9 Å². The van der Waals surface area contributed by atoms with Gasteiger partial charge in [-0.1, -0.05) is 0 Å². The normalized spacial score (nSPS) is 17.7. The first-order chi connectivity index (χ1) is 16.6. The number of nitrogens with one attached hydrogen (secondary N) is 1. The van der Waals surface area contributed by atoms with E-state index >= 15 is 0 Å². The number of pyridine rings is 1. The average molecular weight is 491 g/mol. The van der Waals surface area contributed by atoms with Crippen molar-refractivity contribution in [2.75, 3.05) is 36.9 Å². The molecule has 0 atom stereocenters. The van der Waals surface area contributed by atoms with Gasteiger partial charge in [-0.2, -0.15) is 0 Å². The number of piperidine rings is 1. The molecule has 186 valence electrons. The molecule has 0 bridgehead atoms. The summed E-state index contributed by atoms with van der Waals surface area (Å²) in [6, 6.07) is 5.52. The summed E-state index contributed by atoms with van der Waals surface area (Å²) in [6.45, 7) is 1.50. The number of hydrogen-bond donors (Lipinski definition) is 1. The van der Waals surface area contributed by atoms with Crippen molar-refractivity contribution in [2.45, 2.75) is 25.7 Å². The van der Waals surface area contributed by atoms with Crippen molar-refractivity contribution in [1.82, 2.24) is 14.8 Å². The number of rotatable bonds is 6. The molecule has 9 nitrogen and oxygen atoms in total. The highest BCUT2D eigenvalue weighted by atomic mass is 19.4. The maximum atomic E-state index is 13.0. The van der Waals surface area contributed by atoms with Crippen molar-refractivity contribution in [3.05, 3.63) is 48.3 Å². The van der Waals surface area contributed by atoms with E-state index in [4.69, 9.17) is 0 Å². The summed E-state index contributed by atoms with van der Waals surface area (Å²) in [4.78, 5) is 46.7. The lowest BCUT2D eigenvalue weighted by molar-refractivity contribution is -0.274. The Balaban J connectivity index is 1.44. The second-order valence-electron chi connectivity index (χ2n) is 8.51. The molecule has 1 aromatic carbocycles. The van der Waals surface area contributed by atoms with Gasteiger partial charge in [-0.25, -0.2) is 9.69 Å². The fourth-order valence-electron chi connectivity index (χ4n) is 4.11. The van der Waals surface area contributed by atoms with Crippen molar-refractivity contribution < 1.29 is 32.3 Å². The van der Waals surface area contributed by atoms with E-state index in [0.29, 0.717) is 11.3 Å². The van der Waals surface area contributed by atoms with Gasteiger partial charge in [0.1, 0.15) is 12.3 Å². The first-order valence-electron chi connectivity index (χ1n) is 11.0. The highest BCUT2D eigenvalue weighted by molar-refractivity contribution is 6.19. The SMILES string of the molecule is CN1CCC(C(=O)Nc2cnccc2CN2CC(=O)N(c3ccc(OC(F)(F)F)cc3)C2=O)CC1. The summed E-state index contributed by atoms with van der Waals surface area (Å²) in [6.07, 6.45) is -0.317. The van der Waals surface area contributed by atoms with Crippen LogP contribution in [0.3, 0.4) is 0 Å². The Morgan fingerprint density at radius 3 is 2.49 bits per heavy atom. The monoisotopic (exact) mass is 491 g/mol. The largest absolute Gasteiger partial charge is 0.573 e. The van der Waals surface area contributed by atoms with Crippen molar-refractivity contribution in [3.63, 3.8) is 0 Å². The molecule has 2 fully saturated rings. The zero-order valence-electron chi connectivity index (χ0n) is 18.9. The standard InChI is InChI=1S/C23H24F3N5O4/c1-29-10-7-15(8-11-29)21(33)28-19-12-27-9-6-16(19)13-30-14-20(32)31(22(30)34)17-2-4-18(5-3-17)35-23(24,25)26/h2-6,9,12,15H,7-8,10-11,13-14H2,1H3,(H,28,33). The van der Waals surface area contributed by atoms with E-state index in [1.54, 1.807) is 6.07 Å². The van der Waals surface area contributed by atoms with Gasteiger partial charge in [0.15, 0.2) is 0 Å². The lowest BCUT2D eigenvalue weighted by Crippen LogP contribution is -2.36. The quantitative estimate of drug-likeness (QED) is 0.624. The molecular formula is C23H24F3N5O4. The Bertz CT molecular complexity index is 1100. The summed E-state index contributed by atoms with van der Waals surface area (Å²) in [5.74, 6) is -1.21. The van der Waals surface area contributed by atoms with E-state index in [0.717, 1.165) is 43.0 Å². The van der Waals surface area contributed by atoms with Crippen LogP contribution in [0.1, 0.15) is 18.4 Å². The van der Waals surface area contributed by atoms with Crippen LogP contribution in [0.5, 0.6) is 5.75 Å². The smallest absolute Gasteiger partial charge is 0.406 e. The van der Waals surface area contributed by atoms with Crippen LogP contribution in [0.4, 0.5) is 29.3 Å². The van der Waals surface area contributed by atoms with Gasteiger partial charge in [-0.15, -0.1) is 13.2 Å². The molecule has 3 heterocycles. The molecule has 2 aliphatic rings. The number of anilines is 2. The van der Waals surface area contributed by atoms with E-state index in [1.165, 1.54) is 29.4 Å². The molecule has 0 radical (unpaired) electrons. The number of halogens is 3. The maximum Gasteiger partial charge on any atom is 0.573 e. The number of nitrogens with zero attached hydrogens (tertiary/aromatic N) is 4. The molecule has 2 aliphatic heterocycles. The van der Waals surface area contributed by atoms with Crippen LogP contribution < -0.4 is 15.0 Å². The second-order valence-corrected chi connectivity index (χ2v) is 8.51. The Labute approximate surface area is 199 Å². The van der Waals surface area contributed by atoms with Gasteiger partial charge in [0, 0.05) is 12.1 Å². The van der Waals surface area contributed by atoms with Gasteiger partial charge in [-0.3, -0.25) is 14.6 Å². The number of amides is 4. The number of benzene rings is 1. The average Bonchev–Trinajstić information content (AvgIpc) is 3.08. The predicted molar refractivity (Wildman–Crippen MR) is 120 cm³/mol. The number of alkyl halides is 3. The van der Waals surface area contributed by atoms with Gasteiger partial charge in [0.05, 0.1) is 24.1 Å². The Morgan fingerprint density at radius 2 is 1.83 bits per heavy atom. The molecule has 4 amide bonds. The number of likely N-dealkylation sites (tertiary alicyclic amines) is 1. The number of ether oxygens (including phenoxy) is 1. The molecule has 0 unspecified atom stereocenters. The third kappa shape index (κ3) is 5.88. The van der Waals surface area contributed by atoms with Gasteiger partial charge in [0.25, 0.3) is 5.91 Å². The highest BCUT2D eigenvalue weighted by Gasteiger charge is 2.38. The summed E-state index contributed by atoms with van der Waals surface area (Å²) in [5, 5.41) is 2.90. The minimum Gasteiger partial charge on any atom is -0.406 e. The van der Waals surface area contributed by atoms with Crippen LogP contribution in [0.2, 0.25) is 0 Å². The number of carbonyl (C=O) groups excluding carboxylic acids is 3. The number of urea groups is 1. The van der Waals surface area contributed by atoms with Crippen LogP contribution in [-0.2, 0) is 16.1 Å². The van der Waals surface area contributed by atoms with Crippen molar-refractivity contribution in [2.24, 2.45) is 5.92 Å². The Morgan fingerprint density at radius 1 is 1.14 bits per heavy atom. The van der Waals surface area contributed by atoms with Crippen LogP contribution in [-0.4, -0.2) is 65.7 Å². The zero-order valence-corrected chi connectivity index (χ0v) is 18.9. The fourth-order valence-corrected chi connectivity index (χ4v) is 4.11. The summed E-state index contributed by atoms with van der Waals surface area (Å²) in [7, 11) is 2.01. The molecule has 4 rings (SSSR count). The number of imide groups is 1. The van der Waals surface area contributed by atoms with E-state index in [1.807, 2.05) is 7.05 Å². The first-order valence-corrected chi connectivity index (χ1v) is 11.0. The molecule has 1 N–H and O–H groups in total. The van der Waals surface area contributed by atoms with Gasteiger partial charge in [-0.05, 0) is 68.9 Å². The van der Waals surface area contributed by atoms with Crippen molar-refractivity contribution >= 4 is 29.2 Å². The third-order valence-corrected chi connectivity index (χ3v) is 5.99. The molecule has 0 aliphatic carbocycles. The number of carbonyl (C=O) groups is 3. The summed E-state index contributed by atoms with van der Waals surface area (Å²) < 4.78 is 41.0. The van der Waals surface area contributed by atoms with E-state index in [-0.39, 0.29) is 30.6 Å². The number of hydrogen-bond acceptors (Lipinski definition) is 6. The molecule has 2 aromatic rings. The predicted octanol–water partition coefficient (Wildman–Crippen LogP) is 3.23.